The quantitative estimate of drug-likeness (QED) is 0.215. The van der Waals surface area contributed by atoms with Crippen LogP contribution >= 0.6 is 0 Å². The Morgan fingerprint density at radius 1 is 0.487 bits per heavy atom. The second-order valence-electron chi connectivity index (χ2n) is 11.8. The number of para-hydroxylation sites is 1. The zero-order chi connectivity index (χ0) is 26.3. The van der Waals surface area contributed by atoms with Gasteiger partial charge in [0, 0.05) is 16.3 Å². The first-order valence-corrected chi connectivity index (χ1v) is 13.7. The largest absolute Gasteiger partial charge is 0.456 e. The van der Waals surface area contributed by atoms with Gasteiger partial charge in [-0.2, -0.15) is 0 Å². The summed E-state index contributed by atoms with van der Waals surface area (Å²) in [5.41, 5.74) is 8.21. The minimum atomic E-state index is 0.0148. The molecule has 0 atom stereocenters. The lowest BCUT2D eigenvalue weighted by Crippen LogP contribution is -2.10. The zero-order valence-corrected chi connectivity index (χ0v) is 22.4. The highest BCUT2D eigenvalue weighted by Crippen LogP contribution is 2.43. The molecule has 0 aliphatic rings. The fraction of sp³-hybridized carbons (Fsp3) is 0.105. The fourth-order valence-corrected chi connectivity index (χ4v) is 6.48. The lowest BCUT2D eigenvalue weighted by molar-refractivity contribution is 0.573. The van der Waals surface area contributed by atoms with Crippen LogP contribution in [0.5, 0.6) is 0 Å². The first-order valence-electron chi connectivity index (χ1n) is 13.7. The number of benzene rings is 7. The molecule has 1 nitrogen and oxygen atoms in total. The van der Waals surface area contributed by atoms with Crippen molar-refractivity contribution in [2.75, 3.05) is 0 Å². The normalized spacial score (nSPS) is 12.5. The van der Waals surface area contributed by atoms with Gasteiger partial charge in [0.25, 0.3) is 0 Å². The lowest BCUT2D eigenvalue weighted by atomic mass is 9.85. The molecule has 0 saturated heterocycles. The summed E-state index contributed by atoms with van der Waals surface area (Å²) in [7, 11) is 0. The molecule has 8 aromatic rings. The van der Waals surface area contributed by atoms with Gasteiger partial charge in [-0.25, -0.2) is 0 Å². The van der Waals surface area contributed by atoms with Crippen molar-refractivity contribution in [2.45, 2.75) is 26.2 Å². The third-order valence-electron chi connectivity index (χ3n) is 8.37. The third kappa shape index (κ3) is 3.26. The Balaban J connectivity index is 1.40. The van der Waals surface area contributed by atoms with Crippen LogP contribution in [0.3, 0.4) is 0 Å². The van der Waals surface area contributed by atoms with E-state index in [4.69, 9.17) is 4.42 Å². The summed E-state index contributed by atoms with van der Waals surface area (Å²) < 4.78 is 6.44. The molecule has 0 saturated carbocycles. The third-order valence-corrected chi connectivity index (χ3v) is 8.37. The Hall–Kier alpha value is -4.62. The molecule has 1 aromatic heterocycles. The Labute approximate surface area is 227 Å². The first-order chi connectivity index (χ1) is 19.0. The van der Waals surface area contributed by atoms with E-state index in [1.807, 2.05) is 0 Å². The first kappa shape index (κ1) is 22.4. The van der Waals surface area contributed by atoms with Crippen LogP contribution in [0, 0.1) is 0 Å². The molecule has 7 aromatic carbocycles. The average molecular weight is 501 g/mol. The Morgan fingerprint density at radius 3 is 1.79 bits per heavy atom. The number of hydrogen-bond acceptors (Lipinski definition) is 1. The van der Waals surface area contributed by atoms with Gasteiger partial charge in [0.15, 0.2) is 0 Å². The van der Waals surface area contributed by atoms with Crippen LogP contribution in [0.1, 0.15) is 26.3 Å². The summed E-state index contributed by atoms with van der Waals surface area (Å²) in [6.07, 6.45) is 0. The standard InChI is InChI=1S/C38H28O/c1-38(2,3)33-11-7-10-31-32-22-26(16-21-34(32)39-37(31)33)28-18-13-25-14-19-29-27(23-8-5-4-6-9-23)17-12-24-15-20-30(28)36(25)35(24)29/h4-22H,1-3H3. The molecular formula is C38H28O. The van der Waals surface area contributed by atoms with Gasteiger partial charge in [0.1, 0.15) is 11.2 Å². The minimum Gasteiger partial charge on any atom is -0.456 e. The topological polar surface area (TPSA) is 13.1 Å². The van der Waals surface area contributed by atoms with Crippen LogP contribution < -0.4 is 0 Å². The summed E-state index contributed by atoms with van der Waals surface area (Å²) in [5, 5.41) is 10.2. The minimum absolute atomic E-state index is 0.0148. The summed E-state index contributed by atoms with van der Waals surface area (Å²) in [6.45, 7) is 6.73. The molecule has 0 unspecified atom stereocenters. The van der Waals surface area contributed by atoms with E-state index < -0.39 is 0 Å². The van der Waals surface area contributed by atoms with Crippen molar-refractivity contribution in [3.63, 3.8) is 0 Å². The summed E-state index contributed by atoms with van der Waals surface area (Å²) in [5.74, 6) is 0. The predicted octanol–water partition coefficient (Wildman–Crippen LogP) is 11.1. The van der Waals surface area contributed by atoms with Crippen LogP contribution in [-0.2, 0) is 5.41 Å². The van der Waals surface area contributed by atoms with E-state index in [-0.39, 0.29) is 5.41 Å². The maximum atomic E-state index is 6.44. The van der Waals surface area contributed by atoms with Gasteiger partial charge in [-0.15, -0.1) is 0 Å². The van der Waals surface area contributed by atoms with Crippen molar-refractivity contribution < 1.29 is 4.42 Å². The molecule has 8 rings (SSSR count). The smallest absolute Gasteiger partial charge is 0.139 e. The molecular weight excluding hydrogens is 472 g/mol. The van der Waals surface area contributed by atoms with Gasteiger partial charge in [-0.3, -0.25) is 0 Å². The zero-order valence-electron chi connectivity index (χ0n) is 22.4. The van der Waals surface area contributed by atoms with Crippen molar-refractivity contribution >= 4 is 54.3 Å². The molecule has 0 aliphatic carbocycles. The molecule has 1 heteroatoms. The summed E-state index contributed by atoms with van der Waals surface area (Å²) in [4.78, 5) is 0. The molecule has 0 amide bonds. The fourth-order valence-electron chi connectivity index (χ4n) is 6.48. The molecule has 186 valence electrons. The number of furan rings is 1. The molecule has 1 heterocycles. The SMILES string of the molecule is CC(C)(C)c1cccc2c1oc1ccc(-c3ccc4ccc5c(-c6ccccc6)ccc6ccc3c4c65)cc12. The highest BCUT2D eigenvalue weighted by Gasteiger charge is 2.21. The van der Waals surface area contributed by atoms with E-state index in [0.29, 0.717) is 0 Å². The van der Waals surface area contributed by atoms with Crippen LogP contribution in [0.25, 0.3) is 76.5 Å². The van der Waals surface area contributed by atoms with Crippen LogP contribution in [0.2, 0.25) is 0 Å². The van der Waals surface area contributed by atoms with Crippen molar-refractivity contribution in [1.82, 2.24) is 0 Å². The molecule has 0 radical (unpaired) electrons. The number of hydrogen-bond donors (Lipinski definition) is 0. The summed E-state index contributed by atoms with van der Waals surface area (Å²) in [6, 6.07) is 42.2. The van der Waals surface area contributed by atoms with Gasteiger partial charge in [0.05, 0.1) is 0 Å². The Morgan fingerprint density at radius 2 is 1.13 bits per heavy atom. The average Bonchev–Trinajstić information content (AvgIpc) is 3.33. The number of fused-ring (bicyclic) bond motifs is 3. The van der Waals surface area contributed by atoms with Crippen LogP contribution in [0.15, 0.2) is 120 Å². The van der Waals surface area contributed by atoms with E-state index >= 15 is 0 Å². The monoisotopic (exact) mass is 500 g/mol. The maximum absolute atomic E-state index is 6.44. The molecule has 0 spiro atoms. The van der Waals surface area contributed by atoms with E-state index in [0.717, 1.165) is 11.2 Å². The summed E-state index contributed by atoms with van der Waals surface area (Å²) >= 11 is 0. The Kier molecular flexibility index (Phi) is 4.56. The Bertz CT molecular complexity index is 2190. The molecule has 0 fully saturated rings. The second-order valence-corrected chi connectivity index (χ2v) is 11.8. The lowest BCUT2D eigenvalue weighted by Gasteiger charge is -2.18. The van der Waals surface area contributed by atoms with Crippen LogP contribution in [0.4, 0.5) is 0 Å². The van der Waals surface area contributed by atoms with Gasteiger partial charge in [-0.05, 0) is 72.1 Å². The molecule has 0 aliphatic heterocycles. The highest BCUT2D eigenvalue weighted by atomic mass is 16.3. The van der Waals surface area contributed by atoms with E-state index in [1.54, 1.807) is 0 Å². The molecule has 0 N–H and O–H groups in total. The van der Waals surface area contributed by atoms with E-state index in [1.165, 1.54) is 70.9 Å². The highest BCUT2D eigenvalue weighted by molar-refractivity contribution is 6.27. The van der Waals surface area contributed by atoms with Gasteiger partial charge in [0.2, 0.25) is 0 Å². The van der Waals surface area contributed by atoms with Crippen LogP contribution in [-0.4, -0.2) is 0 Å². The van der Waals surface area contributed by atoms with Crippen molar-refractivity contribution in [3.05, 3.63) is 121 Å². The van der Waals surface area contributed by atoms with Crippen molar-refractivity contribution in [1.29, 1.82) is 0 Å². The van der Waals surface area contributed by atoms with Gasteiger partial charge >= 0.3 is 0 Å². The van der Waals surface area contributed by atoms with Crippen molar-refractivity contribution in [2.24, 2.45) is 0 Å². The van der Waals surface area contributed by atoms with Gasteiger partial charge < -0.3 is 4.42 Å². The van der Waals surface area contributed by atoms with Crippen molar-refractivity contribution in [3.8, 4) is 22.3 Å². The molecule has 39 heavy (non-hydrogen) atoms. The molecule has 0 bridgehead atoms. The number of rotatable bonds is 2. The van der Waals surface area contributed by atoms with Gasteiger partial charge in [-0.1, -0.05) is 124 Å². The van der Waals surface area contributed by atoms with E-state index in [9.17, 15) is 0 Å². The second kappa shape index (κ2) is 7.94. The maximum Gasteiger partial charge on any atom is 0.139 e. The van der Waals surface area contributed by atoms with E-state index in [2.05, 4.69) is 136 Å². The predicted molar refractivity (Wildman–Crippen MR) is 167 cm³/mol.